The highest BCUT2D eigenvalue weighted by Crippen LogP contribution is 2.28. The summed E-state index contributed by atoms with van der Waals surface area (Å²) in [6.45, 7) is 4.01. The standard InChI is InChI=1S/C16H26N4O.2ClH/c1-19-15(5-9-18-19)14-6-10-20(11-7-14)16(21)3-2-13-4-8-17-12-13;;/h5,9,13-14,17H,2-4,6-8,10-12H2,1H3;2*1H. The zero-order valence-electron chi connectivity index (χ0n) is 13.7. The molecule has 0 saturated carbocycles. The molecule has 23 heavy (non-hydrogen) atoms. The first kappa shape index (κ1) is 20.3. The molecule has 1 amide bonds. The van der Waals surface area contributed by atoms with Crippen LogP contribution in [0, 0.1) is 5.92 Å². The number of rotatable bonds is 4. The summed E-state index contributed by atoms with van der Waals surface area (Å²) in [5.74, 6) is 1.62. The average Bonchev–Trinajstić information content (AvgIpc) is 3.16. The number of likely N-dealkylation sites (tertiary alicyclic amines) is 1. The van der Waals surface area contributed by atoms with Crippen molar-refractivity contribution in [3.63, 3.8) is 0 Å². The highest BCUT2D eigenvalue weighted by Gasteiger charge is 2.25. The topological polar surface area (TPSA) is 50.2 Å². The zero-order valence-corrected chi connectivity index (χ0v) is 15.4. The van der Waals surface area contributed by atoms with Gasteiger partial charge in [-0.05, 0) is 50.8 Å². The van der Waals surface area contributed by atoms with Crippen LogP contribution < -0.4 is 5.32 Å². The number of amides is 1. The first-order valence-corrected chi connectivity index (χ1v) is 8.20. The molecule has 7 heteroatoms. The molecule has 0 radical (unpaired) electrons. The third kappa shape index (κ3) is 5.10. The van der Waals surface area contributed by atoms with Crippen LogP contribution in [0.5, 0.6) is 0 Å². The number of nitrogens with one attached hydrogen (secondary N) is 1. The molecule has 2 saturated heterocycles. The predicted octanol–water partition coefficient (Wildman–Crippen LogP) is 2.36. The summed E-state index contributed by atoms with van der Waals surface area (Å²) < 4.78 is 1.97. The maximum Gasteiger partial charge on any atom is 0.222 e. The normalized spacial score (nSPS) is 21.6. The molecule has 1 atom stereocenters. The maximum atomic E-state index is 12.3. The molecule has 3 rings (SSSR count). The second-order valence-electron chi connectivity index (χ2n) is 6.43. The molecular formula is C16H28Cl2N4O. The quantitative estimate of drug-likeness (QED) is 0.894. The second kappa shape index (κ2) is 9.50. The third-order valence-corrected chi connectivity index (χ3v) is 5.05. The highest BCUT2D eigenvalue weighted by atomic mass is 35.5. The van der Waals surface area contributed by atoms with Crippen LogP contribution in [0.15, 0.2) is 12.3 Å². The Bertz CT molecular complexity index is 480. The lowest BCUT2D eigenvalue weighted by molar-refractivity contribution is -0.132. The number of carbonyl (C=O) groups is 1. The van der Waals surface area contributed by atoms with Gasteiger partial charge < -0.3 is 10.2 Å². The zero-order chi connectivity index (χ0) is 14.7. The molecule has 0 bridgehead atoms. The van der Waals surface area contributed by atoms with Crippen LogP contribution >= 0.6 is 24.8 Å². The molecule has 1 unspecified atom stereocenters. The summed E-state index contributed by atoms with van der Waals surface area (Å²) in [6.07, 6.45) is 7.00. The van der Waals surface area contributed by atoms with Crippen molar-refractivity contribution in [2.75, 3.05) is 26.2 Å². The number of hydrogen-bond donors (Lipinski definition) is 1. The van der Waals surface area contributed by atoms with Crippen LogP contribution in [0.1, 0.15) is 43.7 Å². The molecule has 132 valence electrons. The Hall–Kier alpha value is -0.780. The third-order valence-electron chi connectivity index (χ3n) is 5.05. The van der Waals surface area contributed by atoms with Crippen molar-refractivity contribution in [3.8, 4) is 0 Å². The van der Waals surface area contributed by atoms with Crippen molar-refractivity contribution in [3.05, 3.63) is 18.0 Å². The Morgan fingerprint density at radius 3 is 2.61 bits per heavy atom. The molecule has 2 aliphatic rings. The molecule has 1 aromatic rings. The number of halogens is 2. The van der Waals surface area contributed by atoms with Crippen LogP contribution in [0.3, 0.4) is 0 Å². The molecular weight excluding hydrogens is 335 g/mol. The summed E-state index contributed by atoms with van der Waals surface area (Å²) in [4.78, 5) is 14.4. The largest absolute Gasteiger partial charge is 0.343 e. The minimum atomic E-state index is 0. The Morgan fingerprint density at radius 1 is 1.30 bits per heavy atom. The van der Waals surface area contributed by atoms with E-state index in [-0.39, 0.29) is 24.8 Å². The van der Waals surface area contributed by atoms with Gasteiger partial charge in [0, 0.05) is 44.4 Å². The van der Waals surface area contributed by atoms with Gasteiger partial charge in [-0.2, -0.15) is 5.10 Å². The predicted molar refractivity (Wildman–Crippen MR) is 96.5 cm³/mol. The number of piperidine rings is 1. The Balaban J connectivity index is 0.00000132. The number of carbonyl (C=O) groups excluding carboxylic acids is 1. The summed E-state index contributed by atoms with van der Waals surface area (Å²) in [6, 6.07) is 2.11. The van der Waals surface area contributed by atoms with Crippen molar-refractivity contribution in [2.24, 2.45) is 13.0 Å². The van der Waals surface area contributed by atoms with Crippen LogP contribution in [-0.4, -0.2) is 46.8 Å². The monoisotopic (exact) mass is 362 g/mol. The highest BCUT2D eigenvalue weighted by molar-refractivity contribution is 5.85. The van der Waals surface area contributed by atoms with E-state index in [0.717, 1.165) is 51.9 Å². The van der Waals surface area contributed by atoms with E-state index in [9.17, 15) is 4.79 Å². The van der Waals surface area contributed by atoms with Crippen molar-refractivity contribution in [1.29, 1.82) is 0 Å². The van der Waals surface area contributed by atoms with E-state index in [4.69, 9.17) is 0 Å². The van der Waals surface area contributed by atoms with Gasteiger partial charge in [0.05, 0.1) is 0 Å². The van der Waals surface area contributed by atoms with Gasteiger partial charge >= 0.3 is 0 Å². The van der Waals surface area contributed by atoms with Crippen LogP contribution in [-0.2, 0) is 11.8 Å². The van der Waals surface area contributed by atoms with Gasteiger partial charge in [0.2, 0.25) is 5.91 Å². The Kier molecular flexibility index (Phi) is 8.37. The lowest BCUT2D eigenvalue weighted by Crippen LogP contribution is -2.38. The fraction of sp³-hybridized carbons (Fsp3) is 0.750. The average molecular weight is 363 g/mol. The summed E-state index contributed by atoms with van der Waals surface area (Å²) >= 11 is 0. The van der Waals surface area contributed by atoms with E-state index in [1.165, 1.54) is 12.1 Å². The first-order valence-electron chi connectivity index (χ1n) is 8.20. The minimum Gasteiger partial charge on any atom is -0.343 e. The molecule has 2 aliphatic heterocycles. The van der Waals surface area contributed by atoms with Gasteiger partial charge in [-0.25, -0.2) is 0 Å². The van der Waals surface area contributed by atoms with Gasteiger partial charge in [0.25, 0.3) is 0 Å². The van der Waals surface area contributed by atoms with E-state index in [2.05, 4.69) is 21.4 Å². The van der Waals surface area contributed by atoms with Gasteiger partial charge in [-0.3, -0.25) is 9.48 Å². The lowest BCUT2D eigenvalue weighted by Gasteiger charge is -2.32. The van der Waals surface area contributed by atoms with Crippen molar-refractivity contribution in [2.45, 2.75) is 38.0 Å². The Morgan fingerprint density at radius 2 is 2.04 bits per heavy atom. The van der Waals surface area contributed by atoms with Gasteiger partial charge in [0.15, 0.2) is 0 Å². The summed E-state index contributed by atoms with van der Waals surface area (Å²) in [7, 11) is 2.00. The van der Waals surface area contributed by atoms with Gasteiger partial charge in [-0.15, -0.1) is 24.8 Å². The first-order chi connectivity index (χ1) is 10.2. The van der Waals surface area contributed by atoms with Crippen LogP contribution in [0.25, 0.3) is 0 Å². The van der Waals surface area contributed by atoms with Crippen molar-refractivity contribution >= 4 is 30.7 Å². The number of hydrogen-bond acceptors (Lipinski definition) is 3. The van der Waals surface area contributed by atoms with Gasteiger partial charge in [0.1, 0.15) is 0 Å². The van der Waals surface area contributed by atoms with E-state index in [1.54, 1.807) is 0 Å². The van der Waals surface area contributed by atoms with E-state index in [1.807, 2.05) is 17.9 Å². The summed E-state index contributed by atoms with van der Waals surface area (Å²) in [5.41, 5.74) is 1.30. The lowest BCUT2D eigenvalue weighted by atomic mass is 9.93. The molecule has 1 N–H and O–H groups in total. The van der Waals surface area contributed by atoms with E-state index >= 15 is 0 Å². The summed E-state index contributed by atoms with van der Waals surface area (Å²) in [5, 5.41) is 7.62. The molecule has 0 spiro atoms. The minimum absolute atomic E-state index is 0. The molecule has 3 heterocycles. The van der Waals surface area contributed by atoms with E-state index in [0.29, 0.717) is 17.7 Å². The van der Waals surface area contributed by atoms with Crippen LogP contribution in [0.4, 0.5) is 0 Å². The Labute approximate surface area is 151 Å². The van der Waals surface area contributed by atoms with E-state index < -0.39 is 0 Å². The smallest absolute Gasteiger partial charge is 0.222 e. The molecule has 0 aliphatic carbocycles. The van der Waals surface area contributed by atoms with Gasteiger partial charge in [-0.1, -0.05) is 0 Å². The molecule has 2 fully saturated rings. The van der Waals surface area contributed by atoms with Crippen LogP contribution in [0.2, 0.25) is 0 Å². The van der Waals surface area contributed by atoms with Crippen molar-refractivity contribution in [1.82, 2.24) is 20.0 Å². The molecule has 1 aromatic heterocycles. The SMILES string of the molecule is Cl.Cl.Cn1nccc1C1CCN(C(=O)CCC2CCNC2)CC1. The maximum absolute atomic E-state index is 12.3. The molecule has 0 aromatic carbocycles. The number of nitrogens with zero attached hydrogens (tertiary/aromatic N) is 3. The fourth-order valence-corrected chi connectivity index (χ4v) is 3.66. The second-order valence-corrected chi connectivity index (χ2v) is 6.43. The number of aryl methyl sites for hydroxylation is 1. The number of aromatic nitrogens is 2. The van der Waals surface area contributed by atoms with Crippen molar-refractivity contribution < 1.29 is 4.79 Å². The molecule has 5 nitrogen and oxygen atoms in total. The fourth-order valence-electron chi connectivity index (χ4n) is 3.66.